The summed E-state index contributed by atoms with van der Waals surface area (Å²) in [5.74, 6) is 0. The van der Waals surface area contributed by atoms with E-state index in [4.69, 9.17) is 9.47 Å². The number of likely N-dealkylation sites (tertiary alicyclic amines) is 2. The number of carbonyl (C=O) groups excluding carboxylic acids is 2. The van der Waals surface area contributed by atoms with Crippen molar-refractivity contribution >= 4 is 12.2 Å². The zero-order chi connectivity index (χ0) is 21.1. The lowest BCUT2D eigenvalue weighted by Gasteiger charge is -2.45. The molecule has 1 N–H and O–H groups in total. The van der Waals surface area contributed by atoms with Crippen molar-refractivity contribution in [2.45, 2.75) is 70.2 Å². The minimum Gasteiger partial charge on any atom is -0.445 e. The molecule has 29 heavy (non-hydrogen) atoms. The van der Waals surface area contributed by atoms with Gasteiger partial charge < -0.3 is 19.5 Å². The Labute approximate surface area is 172 Å². The minimum atomic E-state index is -0.533. The minimum absolute atomic E-state index is 0.0854. The van der Waals surface area contributed by atoms with Crippen LogP contribution in [0, 0.1) is 0 Å². The first-order valence-corrected chi connectivity index (χ1v) is 10.3. The summed E-state index contributed by atoms with van der Waals surface area (Å²) in [4.78, 5) is 28.8. The van der Waals surface area contributed by atoms with Crippen LogP contribution >= 0.6 is 0 Å². The molecular formula is C22H32N2O5. The number of amides is 2. The van der Waals surface area contributed by atoms with E-state index in [1.165, 1.54) is 0 Å². The first-order valence-electron chi connectivity index (χ1n) is 10.3. The van der Waals surface area contributed by atoms with Crippen LogP contribution in [-0.4, -0.2) is 64.0 Å². The second kappa shape index (κ2) is 8.61. The van der Waals surface area contributed by atoms with Gasteiger partial charge in [-0.25, -0.2) is 9.59 Å². The number of piperidine rings is 1. The number of rotatable bonds is 3. The van der Waals surface area contributed by atoms with Crippen LogP contribution in [-0.2, 0) is 16.1 Å². The van der Waals surface area contributed by atoms with Crippen LogP contribution in [0.15, 0.2) is 30.3 Å². The molecule has 7 nitrogen and oxygen atoms in total. The Morgan fingerprint density at radius 1 is 1.10 bits per heavy atom. The molecule has 2 amide bonds. The molecule has 0 aromatic heterocycles. The normalized spacial score (nSPS) is 21.3. The Balaban J connectivity index is 1.65. The molecule has 1 aromatic carbocycles. The first-order chi connectivity index (χ1) is 13.7. The number of benzene rings is 1. The van der Waals surface area contributed by atoms with Crippen LogP contribution in [0.3, 0.4) is 0 Å². The molecule has 1 atom stereocenters. The number of nitrogens with zero attached hydrogens (tertiary/aromatic N) is 2. The van der Waals surface area contributed by atoms with Gasteiger partial charge in [-0.15, -0.1) is 0 Å². The van der Waals surface area contributed by atoms with Crippen molar-refractivity contribution in [2.75, 3.05) is 19.7 Å². The van der Waals surface area contributed by atoms with Gasteiger partial charge in [0.2, 0.25) is 0 Å². The highest BCUT2D eigenvalue weighted by molar-refractivity contribution is 5.71. The van der Waals surface area contributed by atoms with Crippen molar-refractivity contribution < 1.29 is 24.2 Å². The predicted octanol–water partition coefficient (Wildman–Crippen LogP) is 3.55. The summed E-state index contributed by atoms with van der Waals surface area (Å²) < 4.78 is 11.1. The molecule has 2 saturated heterocycles. The van der Waals surface area contributed by atoms with Gasteiger partial charge in [0, 0.05) is 13.1 Å². The van der Waals surface area contributed by atoms with Gasteiger partial charge in [-0.1, -0.05) is 30.3 Å². The highest BCUT2D eigenvalue weighted by atomic mass is 16.6. The van der Waals surface area contributed by atoms with E-state index in [0.29, 0.717) is 25.9 Å². The average Bonchev–Trinajstić information content (AvgIpc) is 3.04. The van der Waals surface area contributed by atoms with Gasteiger partial charge in [-0.3, -0.25) is 4.90 Å². The van der Waals surface area contributed by atoms with Crippen LogP contribution < -0.4 is 0 Å². The number of hydrogen-bond donors (Lipinski definition) is 1. The van der Waals surface area contributed by atoms with E-state index in [1.807, 2.05) is 51.1 Å². The quantitative estimate of drug-likeness (QED) is 0.833. The molecule has 1 spiro atoms. The molecule has 1 unspecified atom stereocenters. The first kappa shape index (κ1) is 21.4. The molecule has 0 aliphatic carbocycles. The fraction of sp³-hybridized carbons (Fsp3) is 0.636. The zero-order valence-electron chi connectivity index (χ0n) is 17.6. The molecule has 0 bridgehead atoms. The Bertz CT molecular complexity index is 708. The van der Waals surface area contributed by atoms with Crippen LogP contribution in [0.1, 0.15) is 52.0 Å². The maximum Gasteiger partial charge on any atom is 0.410 e. The fourth-order valence-corrected chi connectivity index (χ4v) is 4.30. The zero-order valence-corrected chi connectivity index (χ0v) is 17.6. The molecule has 160 valence electrons. The molecule has 1 aromatic rings. The van der Waals surface area contributed by atoms with Gasteiger partial charge in [-0.05, 0) is 52.0 Å². The van der Waals surface area contributed by atoms with E-state index in [1.54, 1.807) is 9.80 Å². The molecule has 0 saturated carbocycles. The van der Waals surface area contributed by atoms with Gasteiger partial charge in [-0.2, -0.15) is 0 Å². The molecule has 2 fully saturated rings. The third-order valence-corrected chi connectivity index (χ3v) is 5.78. The predicted molar refractivity (Wildman–Crippen MR) is 108 cm³/mol. The third kappa shape index (κ3) is 5.01. The molecule has 2 aliphatic heterocycles. The summed E-state index contributed by atoms with van der Waals surface area (Å²) in [6.07, 6.45) is 2.15. The van der Waals surface area contributed by atoms with Gasteiger partial charge in [0.15, 0.2) is 0 Å². The van der Waals surface area contributed by atoms with Crippen molar-refractivity contribution in [1.82, 2.24) is 9.80 Å². The summed E-state index contributed by atoms with van der Waals surface area (Å²) in [5, 5.41) is 9.82. The van der Waals surface area contributed by atoms with E-state index >= 15 is 0 Å². The van der Waals surface area contributed by atoms with Crippen molar-refractivity contribution in [1.29, 1.82) is 0 Å². The Morgan fingerprint density at radius 3 is 2.34 bits per heavy atom. The number of hydrogen-bond acceptors (Lipinski definition) is 5. The van der Waals surface area contributed by atoms with Crippen LogP contribution in [0.4, 0.5) is 9.59 Å². The largest absolute Gasteiger partial charge is 0.445 e. The maximum absolute atomic E-state index is 13.0. The number of ether oxygens (including phenoxy) is 2. The molecular weight excluding hydrogens is 372 g/mol. The lowest BCUT2D eigenvalue weighted by Crippen LogP contribution is -2.57. The molecule has 7 heteroatoms. The second-order valence-electron chi connectivity index (χ2n) is 8.98. The van der Waals surface area contributed by atoms with Crippen LogP contribution in [0.25, 0.3) is 0 Å². The van der Waals surface area contributed by atoms with E-state index in [-0.39, 0.29) is 30.9 Å². The molecule has 0 radical (unpaired) electrons. The van der Waals surface area contributed by atoms with Gasteiger partial charge >= 0.3 is 12.2 Å². The summed E-state index contributed by atoms with van der Waals surface area (Å²) in [6.45, 7) is 6.72. The number of carbonyl (C=O) groups is 2. The van der Waals surface area contributed by atoms with Crippen molar-refractivity contribution in [2.24, 2.45) is 0 Å². The standard InChI is InChI=1S/C22H32N2O5/c1-21(2,3)29-19(26)23-13-11-22(12-14-23)10-9-18(15-25)24(22)20(27)28-16-17-7-5-4-6-8-17/h4-8,18,25H,9-16H2,1-3H3. The summed E-state index contributed by atoms with van der Waals surface area (Å²) in [7, 11) is 0. The smallest absolute Gasteiger partial charge is 0.410 e. The van der Waals surface area contributed by atoms with E-state index in [2.05, 4.69) is 0 Å². The second-order valence-corrected chi connectivity index (χ2v) is 8.98. The summed E-state index contributed by atoms with van der Waals surface area (Å²) in [5.41, 5.74) is 0.0171. The average molecular weight is 405 g/mol. The summed E-state index contributed by atoms with van der Waals surface area (Å²) >= 11 is 0. The van der Waals surface area contributed by atoms with Crippen LogP contribution in [0.5, 0.6) is 0 Å². The maximum atomic E-state index is 13.0. The molecule has 3 rings (SSSR count). The van der Waals surface area contributed by atoms with E-state index < -0.39 is 11.7 Å². The highest BCUT2D eigenvalue weighted by Gasteiger charge is 2.51. The SMILES string of the molecule is CC(C)(C)OC(=O)N1CCC2(CCC(CO)N2C(=O)OCc2ccccc2)CC1. The lowest BCUT2D eigenvalue weighted by atomic mass is 9.85. The van der Waals surface area contributed by atoms with Gasteiger partial charge in [0.1, 0.15) is 12.2 Å². The van der Waals surface area contributed by atoms with Crippen LogP contribution in [0.2, 0.25) is 0 Å². The van der Waals surface area contributed by atoms with Crippen molar-refractivity contribution in [3.8, 4) is 0 Å². The van der Waals surface area contributed by atoms with Gasteiger partial charge in [0.25, 0.3) is 0 Å². The molecule has 2 heterocycles. The summed E-state index contributed by atoms with van der Waals surface area (Å²) in [6, 6.07) is 9.31. The Morgan fingerprint density at radius 2 is 1.76 bits per heavy atom. The topological polar surface area (TPSA) is 79.3 Å². The third-order valence-electron chi connectivity index (χ3n) is 5.78. The molecule has 2 aliphatic rings. The Hall–Kier alpha value is -2.28. The Kier molecular flexibility index (Phi) is 6.36. The van der Waals surface area contributed by atoms with Gasteiger partial charge in [0.05, 0.1) is 18.2 Å². The number of aliphatic hydroxyl groups excluding tert-OH is 1. The van der Waals surface area contributed by atoms with E-state index in [9.17, 15) is 14.7 Å². The monoisotopic (exact) mass is 404 g/mol. The van der Waals surface area contributed by atoms with Crippen molar-refractivity contribution in [3.63, 3.8) is 0 Å². The lowest BCUT2D eigenvalue weighted by molar-refractivity contribution is -0.00863. The number of aliphatic hydroxyl groups is 1. The van der Waals surface area contributed by atoms with E-state index in [0.717, 1.165) is 18.4 Å². The fourth-order valence-electron chi connectivity index (χ4n) is 4.30. The highest BCUT2D eigenvalue weighted by Crippen LogP contribution is 2.42. The van der Waals surface area contributed by atoms with Crippen molar-refractivity contribution in [3.05, 3.63) is 35.9 Å².